The molecule has 0 unspecified atom stereocenters. The highest BCUT2D eigenvalue weighted by Gasteiger charge is 2.11. The van der Waals surface area contributed by atoms with Crippen molar-refractivity contribution in [2.45, 2.75) is 47.1 Å². The molecule has 1 heterocycles. The van der Waals surface area contributed by atoms with Crippen LogP contribution in [-0.2, 0) is 0 Å². The highest BCUT2D eigenvalue weighted by molar-refractivity contribution is 7.12. The van der Waals surface area contributed by atoms with Crippen LogP contribution in [0.15, 0.2) is 11.8 Å². The van der Waals surface area contributed by atoms with Crippen LogP contribution in [0.25, 0.3) is 6.08 Å². The van der Waals surface area contributed by atoms with Gasteiger partial charge in [0.2, 0.25) is 0 Å². The summed E-state index contributed by atoms with van der Waals surface area (Å²) < 4.78 is 0. The lowest BCUT2D eigenvalue weighted by Gasteiger charge is -2.23. The van der Waals surface area contributed by atoms with Crippen LogP contribution >= 0.6 is 11.3 Å². The van der Waals surface area contributed by atoms with Crippen LogP contribution in [0, 0.1) is 12.8 Å². The van der Waals surface area contributed by atoms with Crippen molar-refractivity contribution in [2.75, 3.05) is 6.54 Å². The molecule has 1 aromatic heterocycles. The second-order valence-corrected chi connectivity index (χ2v) is 7.03. The van der Waals surface area contributed by atoms with Crippen LogP contribution in [0.2, 0.25) is 0 Å². The van der Waals surface area contributed by atoms with Crippen molar-refractivity contribution in [1.29, 1.82) is 0 Å². The molecule has 1 rings (SSSR count). The standard InChI is InChI=1S/C14H24N2S/c1-10(2)12(8-16-14(4,5)6)7-13-9-15-11(3)17-13/h7,9-10,16H,8H2,1-6H3. The first-order valence-corrected chi connectivity index (χ1v) is 6.97. The van der Waals surface area contributed by atoms with Crippen LogP contribution in [0.1, 0.15) is 44.5 Å². The van der Waals surface area contributed by atoms with Gasteiger partial charge in [-0.15, -0.1) is 11.3 Å². The molecule has 1 aromatic rings. The van der Waals surface area contributed by atoms with Gasteiger partial charge in [0.05, 0.1) is 5.01 Å². The molecule has 0 aliphatic heterocycles. The van der Waals surface area contributed by atoms with Gasteiger partial charge in [0.25, 0.3) is 0 Å². The quantitative estimate of drug-likeness (QED) is 0.879. The van der Waals surface area contributed by atoms with Gasteiger partial charge in [-0.2, -0.15) is 0 Å². The van der Waals surface area contributed by atoms with Gasteiger partial charge in [-0.25, -0.2) is 4.98 Å². The molecule has 0 radical (unpaired) electrons. The molecule has 3 heteroatoms. The molecule has 2 nitrogen and oxygen atoms in total. The Hall–Kier alpha value is -0.670. The number of nitrogens with one attached hydrogen (secondary N) is 1. The highest BCUT2D eigenvalue weighted by atomic mass is 32.1. The Kier molecular flexibility index (Phi) is 4.90. The van der Waals surface area contributed by atoms with Crippen LogP contribution in [0.4, 0.5) is 0 Å². The topological polar surface area (TPSA) is 24.9 Å². The van der Waals surface area contributed by atoms with E-state index in [1.54, 1.807) is 11.3 Å². The summed E-state index contributed by atoms with van der Waals surface area (Å²) in [6, 6.07) is 0. The van der Waals surface area contributed by atoms with Crippen molar-refractivity contribution in [2.24, 2.45) is 5.92 Å². The summed E-state index contributed by atoms with van der Waals surface area (Å²) in [7, 11) is 0. The van der Waals surface area contributed by atoms with E-state index in [2.05, 4.69) is 51.0 Å². The summed E-state index contributed by atoms with van der Waals surface area (Å²) in [5.41, 5.74) is 1.60. The zero-order chi connectivity index (χ0) is 13.1. The van der Waals surface area contributed by atoms with Crippen molar-refractivity contribution in [3.05, 3.63) is 21.7 Å². The lowest BCUT2D eigenvalue weighted by atomic mass is 10.0. The Morgan fingerprint density at radius 3 is 2.53 bits per heavy atom. The second-order valence-electron chi connectivity index (χ2n) is 5.76. The molecule has 0 aromatic carbocycles. The molecular weight excluding hydrogens is 228 g/mol. The third-order valence-corrected chi connectivity index (χ3v) is 3.39. The fraction of sp³-hybridized carbons (Fsp3) is 0.643. The third-order valence-electron chi connectivity index (χ3n) is 2.53. The summed E-state index contributed by atoms with van der Waals surface area (Å²) in [6.45, 7) is 14.1. The molecule has 0 saturated heterocycles. The molecule has 0 bridgehead atoms. The largest absolute Gasteiger partial charge is 0.308 e. The van der Waals surface area contributed by atoms with E-state index >= 15 is 0 Å². The molecule has 0 amide bonds. The number of nitrogens with zero attached hydrogens (tertiary/aromatic N) is 1. The van der Waals surface area contributed by atoms with Gasteiger partial charge in [0.1, 0.15) is 0 Å². The predicted octanol–water partition coefficient (Wildman–Crippen LogP) is 3.88. The van der Waals surface area contributed by atoms with E-state index in [4.69, 9.17) is 0 Å². The Morgan fingerprint density at radius 2 is 2.12 bits per heavy atom. The predicted molar refractivity (Wildman–Crippen MR) is 77.4 cm³/mol. The van der Waals surface area contributed by atoms with Gasteiger partial charge in [0.15, 0.2) is 0 Å². The van der Waals surface area contributed by atoms with Crippen molar-refractivity contribution in [1.82, 2.24) is 10.3 Å². The minimum atomic E-state index is 0.164. The Labute approximate surface area is 109 Å². The number of aromatic nitrogens is 1. The summed E-state index contributed by atoms with van der Waals surface area (Å²) in [5.74, 6) is 0.562. The third kappa shape index (κ3) is 5.46. The molecule has 0 saturated carbocycles. The normalized spacial score (nSPS) is 13.5. The second kappa shape index (κ2) is 5.78. The number of thiazole rings is 1. The fourth-order valence-electron chi connectivity index (χ4n) is 1.42. The molecule has 0 aliphatic carbocycles. The first-order chi connectivity index (χ1) is 7.78. The van der Waals surface area contributed by atoms with E-state index in [9.17, 15) is 0 Å². The van der Waals surface area contributed by atoms with Gasteiger partial charge in [-0.05, 0) is 39.7 Å². The molecule has 0 fully saturated rings. The molecule has 17 heavy (non-hydrogen) atoms. The molecule has 0 spiro atoms. The van der Waals surface area contributed by atoms with Gasteiger partial charge >= 0.3 is 0 Å². The molecule has 1 N–H and O–H groups in total. The number of aryl methyl sites for hydroxylation is 1. The molecule has 96 valence electrons. The number of rotatable bonds is 4. The van der Waals surface area contributed by atoms with E-state index in [1.807, 2.05) is 13.1 Å². The van der Waals surface area contributed by atoms with Crippen molar-refractivity contribution in [3.8, 4) is 0 Å². The van der Waals surface area contributed by atoms with Crippen molar-refractivity contribution >= 4 is 17.4 Å². The number of hydrogen-bond donors (Lipinski definition) is 1. The van der Waals surface area contributed by atoms with E-state index < -0.39 is 0 Å². The maximum absolute atomic E-state index is 4.29. The Morgan fingerprint density at radius 1 is 1.47 bits per heavy atom. The van der Waals surface area contributed by atoms with Gasteiger partial charge < -0.3 is 5.32 Å². The van der Waals surface area contributed by atoms with Crippen LogP contribution < -0.4 is 5.32 Å². The fourth-order valence-corrected chi connectivity index (χ4v) is 2.18. The SMILES string of the molecule is Cc1ncc(C=C(CNC(C)(C)C)C(C)C)s1. The Balaban J connectivity index is 2.76. The minimum absolute atomic E-state index is 0.164. The smallest absolute Gasteiger partial charge is 0.0900 e. The van der Waals surface area contributed by atoms with Gasteiger partial charge in [-0.3, -0.25) is 0 Å². The average molecular weight is 252 g/mol. The summed E-state index contributed by atoms with van der Waals surface area (Å²) in [5, 5.41) is 4.67. The van der Waals surface area contributed by atoms with E-state index in [-0.39, 0.29) is 5.54 Å². The zero-order valence-corrected chi connectivity index (χ0v) is 12.6. The monoisotopic (exact) mass is 252 g/mol. The average Bonchev–Trinajstić information content (AvgIpc) is 2.56. The summed E-state index contributed by atoms with van der Waals surface area (Å²) in [4.78, 5) is 5.54. The van der Waals surface area contributed by atoms with Gasteiger partial charge in [0, 0.05) is 23.2 Å². The van der Waals surface area contributed by atoms with Crippen molar-refractivity contribution in [3.63, 3.8) is 0 Å². The molecule has 0 aliphatic rings. The summed E-state index contributed by atoms with van der Waals surface area (Å²) >= 11 is 1.75. The number of hydrogen-bond acceptors (Lipinski definition) is 3. The minimum Gasteiger partial charge on any atom is -0.308 e. The van der Waals surface area contributed by atoms with E-state index in [1.165, 1.54) is 10.5 Å². The first kappa shape index (κ1) is 14.4. The van der Waals surface area contributed by atoms with Crippen molar-refractivity contribution < 1.29 is 0 Å². The first-order valence-electron chi connectivity index (χ1n) is 6.16. The lowest BCUT2D eigenvalue weighted by Crippen LogP contribution is -2.37. The van der Waals surface area contributed by atoms with E-state index in [0.717, 1.165) is 11.6 Å². The summed E-state index contributed by atoms with van der Waals surface area (Å²) in [6.07, 6.45) is 4.23. The maximum atomic E-state index is 4.29. The van der Waals surface area contributed by atoms with Gasteiger partial charge in [-0.1, -0.05) is 19.4 Å². The zero-order valence-electron chi connectivity index (χ0n) is 11.8. The molecule has 0 atom stereocenters. The maximum Gasteiger partial charge on any atom is 0.0900 e. The highest BCUT2D eigenvalue weighted by Crippen LogP contribution is 2.19. The van der Waals surface area contributed by atoms with E-state index in [0.29, 0.717) is 5.92 Å². The molecular formula is C14H24N2S. The van der Waals surface area contributed by atoms with Crippen LogP contribution in [0.3, 0.4) is 0 Å². The van der Waals surface area contributed by atoms with Crippen LogP contribution in [-0.4, -0.2) is 17.1 Å². The van der Waals surface area contributed by atoms with Crippen LogP contribution in [0.5, 0.6) is 0 Å². The Bertz CT molecular complexity index is 383. The lowest BCUT2D eigenvalue weighted by molar-refractivity contribution is 0.437.